The average Bonchev–Trinajstić information content (AvgIpc) is 3.20. The topological polar surface area (TPSA) is 70.2 Å². The van der Waals surface area contributed by atoms with E-state index in [9.17, 15) is 14.4 Å². The van der Waals surface area contributed by atoms with Crippen molar-refractivity contribution < 1.29 is 19.1 Å². The van der Waals surface area contributed by atoms with Gasteiger partial charge in [-0.3, -0.25) is 14.4 Å². The van der Waals surface area contributed by atoms with Crippen molar-refractivity contribution in [3.05, 3.63) is 54.1 Å². The van der Waals surface area contributed by atoms with Gasteiger partial charge in [0.1, 0.15) is 5.75 Å². The molecule has 4 rings (SSSR count). The van der Waals surface area contributed by atoms with Crippen LogP contribution in [0.15, 0.2) is 48.5 Å². The van der Waals surface area contributed by atoms with Gasteiger partial charge in [0, 0.05) is 56.1 Å². The molecule has 7 nitrogen and oxygen atoms in total. The normalized spacial score (nSPS) is 19.0. The third-order valence-electron chi connectivity index (χ3n) is 6.09. The highest BCUT2D eigenvalue weighted by Crippen LogP contribution is 2.28. The zero-order chi connectivity index (χ0) is 22.0. The molecule has 31 heavy (non-hydrogen) atoms. The van der Waals surface area contributed by atoms with E-state index in [1.807, 2.05) is 53.4 Å². The molecule has 2 fully saturated rings. The Balaban J connectivity index is 1.34. The van der Waals surface area contributed by atoms with Gasteiger partial charge in [0.25, 0.3) is 0 Å². The van der Waals surface area contributed by atoms with Crippen molar-refractivity contribution >= 4 is 29.0 Å². The lowest BCUT2D eigenvalue weighted by Gasteiger charge is -2.37. The second-order valence-electron chi connectivity index (χ2n) is 8.02. The number of nitrogens with zero attached hydrogens (tertiary/aromatic N) is 3. The predicted octanol–water partition coefficient (Wildman–Crippen LogP) is 2.60. The van der Waals surface area contributed by atoms with Gasteiger partial charge in [-0.05, 0) is 55.5 Å². The van der Waals surface area contributed by atoms with Gasteiger partial charge in [0.15, 0.2) is 5.78 Å². The zero-order valence-corrected chi connectivity index (χ0v) is 17.9. The van der Waals surface area contributed by atoms with Crippen LogP contribution in [0.5, 0.6) is 5.75 Å². The first-order valence-electron chi connectivity index (χ1n) is 10.6. The van der Waals surface area contributed by atoms with E-state index in [1.165, 1.54) is 0 Å². The molecule has 0 bridgehead atoms. The number of Topliss-reactive ketones (excluding diaryl/α,β-unsaturated/α-hetero) is 1. The Kier molecular flexibility index (Phi) is 5.93. The Morgan fingerprint density at radius 3 is 2.10 bits per heavy atom. The number of hydrogen-bond donors (Lipinski definition) is 0. The number of hydrogen-bond acceptors (Lipinski definition) is 5. The first-order chi connectivity index (χ1) is 15.0. The molecular formula is C24H27N3O4. The maximum Gasteiger partial charge on any atom is 0.228 e. The summed E-state index contributed by atoms with van der Waals surface area (Å²) in [5, 5.41) is 0. The molecule has 0 unspecified atom stereocenters. The molecule has 2 aliphatic rings. The number of piperazine rings is 1. The van der Waals surface area contributed by atoms with Crippen LogP contribution in [0, 0.1) is 5.92 Å². The highest BCUT2D eigenvalue weighted by atomic mass is 16.5. The number of rotatable bonds is 5. The molecule has 2 aliphatic heterocycles. The first-order valence-corrected chi connectivity index (χ1v) is 10.6. The summed E-state index contributed by atoms with van der Waals surface area (Å²) in [4.78, 5) is 42.8. The molecule has 0 aliphatic carbocycles. The number of ether oxygens (including phenoxy) is 1. The summed E-state index contributed by atoms with van der Waals surface area (Å²) in [5.74, 6) is 0.508. The van der Waals surface area contributed by atoms with Gasteiger partial charge in [0.05, 0.1) is 13.0 Å². The first kappa shape index (κ1) is 20.9. The SMILES string of the molecule is COc1ccc(N2C[C@@H](C(=O)N3CCN(c4ccc(C(C)=O)cc4)CC3)CC2=O)cc1. The van der Waals surface area contributed by atoms with Crippen molar-refractivity contribution in [3.63, 3.8) is 0 Å². The highest BCUT2D eigenvalue weighted by molar-refractivity contribution is 6.00. The monoisotopic (exact) mass is 421 g/mol. The molecule has 7 heteroatoms. The van der Waals surface area contributed by atoms with Crippen LogP contribution in [0.4, 0.5) is 11.4 Å². The molecule has 0 aromatic heterocycles. The fourth-order valence-corrected chi connectivity index (χ4v) is 4.23. The van der Waals surface area contributed by atoms with E-state index in [2.05, 4.69) is 4.90 Å². The second kappa shape index (κ2) is 8.79. The van der Waals surface area contributed by atoms with Gasteiger partial charge in [-0.1, -0.05) is 0 Å². The number of carbonyl (C=O) groups excluding carboxylic acids is 3. The van der Waals surface area contributed by atoms with Crippen LogP contribution < -0.4 is 14.5 Å². The molecule has 0 radical (unpaired) electrons. The predicted molar refractivity (Wildman–Crippen MR) is 119 cm³/mol. The fourth-order valence-electron chi connectivity index (χ4n) is 4.23. The largest absolute Gasteiger partial charge is 0.497 e. The van der Waals surface area contributed by atoms with Crippen LogP contribution in [-0.2, 0) is 9.59 Å². The van der Waals surface area contributed by atoms with Gasteiger partial charge in [-0.15, -0.1) is 0 Å². The molecule has 162 valence electrons. The molecular weight excluding hydrogens is 394 g/mol. The summed E-state index contributed by atoms with van der Waals surface area (Å²) in [6.07, 6.45) is 0.248. The lowest BCUT2D eigenvalue weighted by Crippen LogP contribution is -2.50. The van der Waals surface area contributed by atoms with Crippen LogP contribution in [0.2, 0.25) is 0 Å². The van der Waals surface area contributed by atoms with Crippen molar-refractivity contribution in [2.75, 3.05) is 49.6 Å². The quantitative estimate of drug-likeness (QED) is 0.694. The molecule has 2 amide bonds. The van der Waals surface area contributed by atoms with E-state index < -0.39 is 0 Å². The van der Waals surface area contributed by atoms with Gasteiger partial charge in [0.2, 0.25) is 11.8 Å². The average molecular weight is 421 g/mol. The number of amides is 2. The minimum Gasteiger partial charge on any atom is -0.497 e. The van der Waals surface area contributed by atoms with E-state index in [0.29, 0.717) is 25.2 Å². The minimum atomic E-state index is -0.309. The Labute approximate surface area is 182 Å². The van der Waals surface area contributed by atoms with Crippen molar-refractivity contribution in [3.8, 4) is 5.75 Å². The van der Waals surface area contributed by atoms with Crippen molar-refractivity contribution in [1.82, 2.24) is 4.90 Å². The van der Waals surface area contributed by atoms with Crippen LogP contribution in [-0.4, -0.2) is 62.3 Å². The molecule has 2 aromatic carbocycles. The Bertz CT molecular complexity index is 963. The number of methoxy groups -OCH3 is 1. The molecule has 0 spiro atoms. The van der Waals surface area contributed by atoms with E-state index >= 15 is 0 Å². The van der Waals surface area contributed by atoms with Crippen molar-refractivity contribution in [1.29, 1.82) is 0 Å². The maximum atomic E-state index is 13.1. The number of carbonyl (C=O) groups is 3. The van der Waals surface area contributed by atoms with Crippen LogP contribution in [0.3, 0.4) is 0 Å². The minimum absolute atomic E-state index is 0.0206. The van der Waals surface area contributed by atoms with Gasteiger partial charge in [-0.2, -0.15) is 0 Å². The van der Waals surface area contributed by atoms with Gasteiger partial charge >= 0.3 is 0 Å². The molecule has 0 N–H and O–H groups in total. The van der Waals surface area contributed by atoms with E-state index in [0.717, 1.165) is 30.2 Å². The third-order valence-corrected chi connectivity index (χ3v) is 6.09. The van der Waals surface area contributed by atoms with Crippen molar-refractivity contribution in [2.24, 2.45) is 5.92 Å². The molecule has 0 saturated carbocycles. The molecule has 1 atom stereocenters. The highest BCUT2D eigenvalue weighted by Gasteiger charge is 2.38. The molecule has 2 saturated heterocycles. The molecule has 2 heterocycles. The molecule has 2 aromatic rings. The third kappa shape index (κ3) is 4.40. The summed E-state index contributed by atoms with van der Waals surface area (Å²) in [7, 11) is 1.60. The zero-order valence-electron chi connectivity index (χ0n) is 17.9. The van der Waals surface area contributed by atoms with Crippen LogP contribution in [0.25, 0.3) is 0 Å². The summed E-state index contributed by atoms with van der Waals surface area (Å²) >= 11 is 0. The lowest BCUT2D eigenvalue weighted by molar-refractivity contribution is -0.136. The smallest absolute Gasteiger partial charge is 0.228 e. The van der Waals surface area contributed by atoms with Crippen molar-refractivity contribution in [2.45, 2.75) is 13.3 Å². The second-order valence-corrected chi connectivity index (χ2v) is 8.02. The van der Waals surface area contributed by atoms with Crippen LogP contribution >= 0.6 is 0 Å². The fraction of sp³-hybridized carbons (Fsp3) is 0.375. The number of anilines is 2. The van der Waals surface area contributed by atoms with E-state index in [1.54, 1.807) is 18.9 Å². The summed E-state index contributed by atoms with van der Waals surface area (Å²) < 4.78 is 5.17. The van der Waals surface area contributed by atoms with E-state index in [4.69, 9.17) is 4.74 Å². The Morgan fingerprint density at radius 1 is 0.903 bits per heavy atom. The number of benzene rings is 2. The Hall–Kier alpha value is -3.35. The Morgan fingerprint density at radius 2 is 1.52 bits per heavy atom. The lowest BCUT2D eigenvalue weighted by atomic mass is 10.1. The summed E-state index contributed by atoms with van der Waals surface area (Å²) in [6.45, 7) is 4.68. The number of ketones is 1. The van der Waals surface area contributed by atoms with E-state index in [-0.39, 0.29) is 29.9 Å². The summed E-state index contributed by atoms with van der Waals surface area (Å²) in [6, 6.07) is 14.9. The van der Waals surface area contributed by atoms with Crippen LogP contribution in [0.1, 0.15) is 23.7 Å². The maximum absolute atomic E-state index is 13.1. The summed E-state index contributed by atoms with van der Waals surface area (Å²) in [5.41, 5.74) is 2.55. The van der Waals surface area contributed by atoms with Gasteiger partial charge in [-0.25, -0.2) is 0 Å². The van der Waals surface area contributed by atoms with Gasteiger partial charge < -0.3 is 19.4 Å². The standard InChI is InChI=1S/C24H27N3O4/c1-17(28)18-3-5-20(6-4-18)25-11-13-26(14-12-25)24(30)19-15-23(29)27(16-19)21-7-9-22(31-2)10-8-21/h3-10,19H,11-16H2,1-2H3/t19-/m0/s1.